The molecule has 1 aromatic heterocycles. The van der Waals surface area contributed by atoms with Gasteiger partial charge in [-0.05, 0) is 32.4 Å². The van der Waals surface area contributed by atoms with Gasteiger partial charge in [-0.3, -0.25) is 0 Å². The third-order valence-electron chi connectivity index (χ3n) is 3.87. The topological polar surface area (TPSA) is 49.8 Å². The lowest BCUT2D eigenvalue weighted by molar-refractivity contribution is 0.888. The first-order valence-electron chi connectivity index (χ1n) is 7.54. The Morgan fingerprint density at radius 3 is 2.30 bits per heavy atom. The molecular formula is C15H26N4S. The van der Waals surface area contributed by atoms with Crippen molar-refractivity contribution in [1.82, 2.24) is 9.97 Å². The summed E-state index contributed by atoms with van der Waals surface area (Å²) in [6.07, 6.45) is 6.79. The SMILES string of the molecule is CCCNc1nc(CC)nc(NCC2(SC)CC2)c1C. The summed E-state index contributed by atoms with van der Waals surface area (Å²) in [5, 5.41) is 6.95. The van der Waals surface area contributed by atoms with Crippen LogP contribution in [-0.4, -0.2) is 34.1 Å². The number of hydrogen-bond acceptors (Lipinski definition) is 5. The fraction of sp³-hybridized carbons (Fsp3) is 0.733. The van der Waals surface area contributed by atoms with Gasteiger partial charge in [-0.25, -0.2) is 9.97 Å². The van der Waals surface area contributed by atoms with Gasteiger partial charge in [0.2, 0.25) is 0 Å². The molecule has 1 aliphatic carbocycles. The number of aryl methyl sites for hydroxylation is 1. The molecule has 1 heterocycles. The van der Waals surface area contributed by atoms with Crippen LogP contribution in [0.25, 0.3) is 0 Å². The van der Waals surface area contributed by atoms with Crippen molar-refractivity contribution in [3.63, 3.8) is 0 Å². The normalized spacial score (nSPS) is 16.0. The maximum Gasteiger partial charge on any atom is 0.134 e. The van der Waals surface area contributed by atoms with Crippen LogP contribution >= 0.6 is 11.8 Å². The van der Waals surface area contributed by atoms with E-state index in [2.05, 4.69) is 47.6 Å². The van der Waals surface area contributed by atoms with Crippen molar-refractivity contribution in [3.05, 3.63) is 11.4 Å². The largest absolute Gasteiger partial charge is 0.370 e. The third kappa shape index (κ3) is 3.57. The zero-order chi connectivity index (χ0) is 14.6. The van der Waals surface area contributed by atoms with Crippen LogP contribution in [-0.2, 0) is 6.42 Å². The molecule has 0 radical (unpaired) electrons. The van der Waals surface area contributed by atoms with Gasteiger partial charge < -0.3 is 10.6 Å². The van der Waals surface area contributed by atoms with Crippen LogP contribution in [0.5, 0.6) is 0 Å². The van der Waals surface area contributed by atoms with Gasteiger partial charge in [0.25, 0.3) is 0 Å². The summed E-state index contributed by atoms with van der Waals surface area (Å²) in [6, 6.07) is 0. The monoisotopic (exact) mass is 294 g/mol. The van der Waals surface area contributed by atoms with Crippen LogP contribution in [0.15, 0.2) is 0 Å². The Bertz CT molecular complexity index is 457. The Hall–Kier alpha value is -0.970. The summed E-state index contributed by atoms with van der Waals surface area (Å²) in [5.74, 6) is 2.89. The van der Waals surface area contributed by atoms with Gasteiger partial charge in [0, 0.05) is 29.8 Å². The summed E-state index contributed by atoms with van der Waals surface area (Å²) < 4.78 is 0.445. The summed E-state index contributed by atoms with van der Waals surface area (Å²) in [4.78, 5) is 9.25. The van der Waals surface area contributed by atoms with E-state index in [4.69, 9.17) is 0 Å². The molecule has 5 heteroatoms. The van der Waals surface area contributed by atoms with Crippen molar-refractivity contribution in [2.75, 3.05) is 30.0 Å². The predicted octanol–water partition coefficient (Wildman–Crippen LogP) is 3.48. The Morgan fingerprint density at radius 1 is 1.15 bits per heavy atom. The molecule has 20 heavy (non-hydrogen) atoms. The maximum absolute atomic E-state index is 4.65. The Labute approximate surface area is 126 Å². The lowest BCUT2D eigenvalue weighted by atomic mass is 10.2. The molecule has 0 spiro atoms. The molecule has 0 aromatic carbocycles. The lowest BCUT2D eigenvalue weighted by Crippen LogP contribution is -2.20. The van der Waals surface area contributed by atoms with E-state index >= 15 is 0 Å². The molecule has 0 unspecified atom stereocenters. The smallest absolute Gasteiger partial charge is 0.134 e. The number of thioether (sulfide) groups is 1. The molecule has 112 valence electrons. The van der Waals surface area contributed by atoms with Crippen LogP contribution in [0.2, 0.25) is 0 Å². The molecule has 1 saturated carbocycles. The number of nitrogens with one attached hydrogen (secondary N) is 2. The fourth-order valence-corrected chi connectivity index (χ4v) is 2.87. The minimum atomic E-state index is 0.445. The van der Waals surface area contributed by atoms with Crippen molar-refractivity contribution in [1.29, 1.82) is 0 Å². The maximum atomic E-state index is 4.65. The van der Waals surface area contributed by atoms with Gasteiger partial charge in [-0.2, -0.15) is 11.8 Å². The average molecular weight is 294 g/mol. The molecular weight excluding hydrogens is 268 g/mol. The molecule has 0 aliphatic heterocycles. The highest BCUT2D eigenvalue weighted by Crippen LogP contribution is 2.47. The van der Waals surface area contributed by atoms with Crippen LogP contribution in [0.1, 0.15) is 44.5 Å². The lowest BCUT2D eigenvalue weighted by Gasteiger charge is -2.17. The van der Waals surface area contributed by atoms with E-state index in [1.54, 1.807) is 0 Å². The summed E-state index contributed by atoms with van der Waals surface area (Å²) in [7, 11) is 0. The highest BCUT2D eigenvalue weighted by atomic mass is 32.2. The standard InChI is InChI=1S/C15H26N4S/c1-5-9-16-13-11(3)14(19-12(6-2)18-13)17-10-15(20-4)7-8-15/h5-10H2,1-4H3,(H2,16,17,18,19). The minimum absolute atomic E-state index is 0.445. The van der Waals surface area contributed by atoms with E-state index in [9.17, 15) is 0 Å². The summed E-state index contributed by atoms with van der Waals surface area (Å²) >= 11 is 1.97. The van der Waals surface area contributed by atoms with E-state index in [0.29, 0.717) is 4.75 Å². The van der Waals surface area contributed by atoms with Crippen molar-refractivity contribution in [2.45, 2.75) is 51.2 Å². The van der Waals surface area contributed by atoms with E-state index in [1.807, 2.05) is 11.8 Å². The quantitative estimate of drug-likeness (QED) is 0.769. The van der Waals surface area contributed by atoms with E-state index in [0.717, 1.165) is 49.0 Å². The molecule has 1 aromatic rings. The number of anilines is 2. The van der Waals surface area contributed by atoms with Crippen LogP contribution in [0.3, 0.4) is 0 Å². The second kappa shape index (κ2) is 6.66. The van der Waals surface area contributed by atoms with E-state index in [1.165, 1.54) is 12.8 Å². The number of rotatable bonds is 8. The highest BCUT2D eigenvalue weighted by molar-refractivity contribution is 8.00. The van der Waals surface area contributed by atoms with Gasteiger partial charge in [0.1, 0.15) is 17.5 Å². The first-order valence-corrected chi connectivity index (χ1v) is 8.77. The van der Waals surface area contributed by atoms with Gasteiger partial charge in [0.15, 0.2) is 0 Å². The Balaban J connectivity index is 2.13. The summed E-state index contributed by atoms with van der Waals surface area (Å²) in [5.41, 5.74) is 1.13. The average Bonchev–Trinajstić information content (AvgIpc) is 3.25. The van der Waals surface area contributed by atoms with Gasteiger partial charge in [-0.15, -0.1) is 0 Å². The van der Waals surface area contributed by atoms with Crippen LogP contribution in [0.4, 0.5) is 11.6 Å². The van der Waals surface area contributed by atoms with Gasteiger partial charge in [-0.1, -0.05) is 13.8 Å². The predicted molar refractivity (Wildman–Crippen MR) is 88.9 cm³/mol. The zero-order valence-electron chi connectivity index (χ0n) is 13.0. The molecule has 0 atom stereocenters. The highest BCUT2D eigenvalue weighted by Gasteiger charge is 2.41. The molecule has 1 fully saturated rings. The van der Waals surface area contributed by atoms with Gasteiger partial charge in [0.05, 0.1) is 0 Å². The second-order valence-electron chi connectivity index (χ2n) is 5.48. The van der Waals surface area contributed by atoms with Crippen LogP contribution < -0.4 is 10.6 Å². The first-order chi connectivity index (χ1) is 9.64. The third-order valence-corrected chi connectivity index (χ3v) is 5.29. The molecule has 1 aliphatic rings. The van der Waals surface area contributed by atoms with Crippen molar-refractivity contribution in [2.24, 2.45) is 0 Å². The van der Waals surface area contributed by atoms with Gasteiger partial charge >= 0.3 is 0 Å². The molecule has 4 nitrogen and oxygen atoms in total. The number of aromatic nitrogens is 2. The van der Waals surface area contributed by atoms with Crippen molar-refractivity contribution < 1.29 is 0 Å². The van der Waals surface area contributed by atoms with Crippen molar-refractivity contribution in [3.8, 4) is 0 Å². The Kier molecular flexibility index (Phi) is 5.13. The Morgan fingerprint density at radius 2 is 1.80 bits per heavy atom. The second-order valence-corrected chi connectivity index (χ2v) is 6.76. The summed E-state index contributed by atoms with van der Waals surface area (Å²) in [6.45, 7) is 8.32. The van der Waals surface area contributed by atoms with E-state index in [-0.39, 0.29) is 0 Å². The zero-order valence-corrected chi connectivity index (χ0v) is 13.9. The molecule has 0 amide bonds. The first kappa shape index (κ1) is 15.4. The minimum Gasteiger partial charge on any atom is -0.370 e. The number of nitrogens with zero attached hydrogens (tertiary/aromatic N) is 2. The van der Waals surface area contributed by atoms with Crippen molar-refractivity contribution >= 4 is 23.4 Å². The fourth-order valence-electron chi connectivity index (χ4n) is 2.15. The molecule has 0 saturated heterocycles. The van der Waals surface area contributed by atoms with E-state index < -0.39 is 0 Å². The van der Waals surface area contributed by atoms with Crippen LogP contribution in [0, 0.1) is 6.92 Å². The molecule has 2 N–H and O–H groups in total. The number of hydrogen-bond donors (Lipinski definition) is 2. The molecule has 2 rings (SSSR count). The molecule has 0 bridgehead atoms.